The van der Waals surface area contributed by atoms with Crippen LogP contribution >= 0.6 is 0 Å². The van der Waals surface area contributed by atoms with Gasteiger partial charge in [0.25, 0.3) is 11.7 Å². The Balaban J connectivity index is 1.46. The Morgan fingerprint density at radius 1 is 1.29 bits per heavy atom. The number of halogens is 1. The lowest BCUT2D eigenvalue weighted by atomic mass is 10.1. The number of rotatable bonds is 4. The van der Waals surface area contributed by atoms with E-state index in [1.54, 1.807) is 20.0 Å². The number of amides is 1. The zero-order valence-corrected chi connectivity index (χ0v) is 16.8. The van der Waals surface area contributed by atoms with Crippen LogP contribution in [-0.4, -0.2) is 43.6 Å². The molecule has 4 aromatic rings. The molecule has 0 saturated heterocycles. The van der Waals surface area contributed by atoms with Gasteiger partial charge in [0.15, 0.2) is 11.7 Å². The normalized spacial score (nSPS) is 13.6. The van der Waals surface area contributed by atoms with Crippen LogP contribution in [-0.2, 0) is 0 Å². The minimum Gasteiger partial charge on any atom is -0.436 e. The van der Waals surface area contributed by atoms with Crippen molar-refractivity contribution in [2.24, 2.45) is 0 Å². The lowest BCUT2D eigenvalue weighted by Gasteiger charge is -2.06. The van der Waals surface area contributed by atoms with Crippen LogP contribution in [0, 0.1) is 19.7 Å². The van der Waals surface area contributed by atoms with Gasteiger partial charge in [-0.1, -0.05) is 6.08 Å². The van der Waals surface area contributed by atoms with Gasteiger partial charge in [-0.2, -0.15) is 4.98 Å². The summed E-state index contributed by atoms with van der Waals surface area (Å²) in [7, 11) is 0. The molecule has 156 valence electrons. The molecule has 9 nitrogen and oxygen atoms in total. The third-order valence-electron chi connectivity index (χ3n) is 4.95. The first kappa shape index (κ1) is 19.1. The number of fused-ring (bicyclic) bond motifs is 1. The molecular weight excluding hydrogens is 401 g/mol. The van der Waals surface area contributed by atoms with Crippen LogP contribution in [0.5, 0.6) is 0 Å². The number of nitrogens with zero attached hydrogens (tertiary/aromatic N) is 5. The van der Waals surface area contributed by atoms with Crippen LogP contribution in [0.25, 0.3) is 22.7 Å². The summed E-state index contributed by atoms with van der Waals surface area (Å²) >= 11 is 0. The maximum atomic E-state index is 14.6. The summed E-state index contributed by atoms with van der Waals surface area (Å²) in [6.45, 7) is 4.91. The first-order chi connectivity index (χ1) is 15.0. The average Bonchev–Trinajstić information content (AvgIpc) is 3.48. The van der Waals surface area contributed by atoms with E-state index in [4.69, 9.17) is 4.42 Å². The summed E-state index contributed by atoms with van der Waals surface area (Å²) in [5.74, 6) is 0.0521. The van der Waals surface area contributed by atoms with Crippen molar-refractivity contribution in [1.82, 2.24) is 29.9 Å². The van der Waals surface area contributed by atoms with Gasteiger partial charge in [-0.15, -0.1) is 5.10 Å². The van der Waals surface area contributed by atoms with E-state index in [0.29, 0.717) is 23.0 Å². The molecule has 0 spiro atoms. The number of benzene rings is 1. The Hall–Kier alpha value is -3.92. The summed E-state index contributed by atoms with van der Waals surface area (Å²) in [5, 5.41) is 10.3. The van der Waals surface area contributed by atoms with Gasteiger partial charge in [0, 0.05) is 43.7 Å². The zero-order valence-electron chi connectivity index (χ0n) is 16.8. The predicted octanol–water partition coefficient (Wildman–Crippen LogP) is 2.77. The van der Waals surface area contributed by atoms with Crippen LogP contribution in [0.2, 0.25) is 0 Å². The fraction of sp³-hybridized carbons (Fsp3) is 0.190. The van der Waals surface area contributed by atoms with Gasteiger partial charge in [-0.05, 0) is 30.7 Å². The second-order valence-electron chi connectivity index (χ2n) is 7.18. The minimum atomic E-state index is -0.511. The Morgan fingerprint density at radius 3 is 2.90 bits per heavy atom. The second kappa shape index (κ2) is 7.40. The minimum absolute atomic E-state index is 0.113. The molecule has 0 bridgehead atoms. The first-order valence-electron chi connectivity index (χ1n) is 9.66. The Kier molecular flexibility index (Phi) is 4.55. The molecule has 0 atom stereocenters. The molecule has 0 unspecified atom stereocenters. The van der Waals surface area contributed by atoms with E-state index in [0.717, 1.165) is 24.2 Å². The Bertz CT molecular complexity index is 1360. The molecule has 2 N–H and O–H groups in total. The van der Waals surface area contributed by atoms with Gasteiger partial charge in [0.2, 0.25) is 5.76 Å². The van der Waals surface area contributed by atoms with Crippen molar-refractivity contribution in [3.05, 3.63) is 65.4 Å². The van der Waals surface area contributed by atoms with E-state index in [-0.39, 0.29) is 17.1 Å². The third kappa shape index (κ3) is 3.57. The Labute approximate surface area is 176 Å². The van der Waals surface area contributed by atoms with E-state index in [1.165, 1.54) is 22.7 Å². The number of nitrogens with one attached hydrogen (secondary N) is 2. The maximum Gasteiger partial charge on any atom is 0.293 e. The van der Waals surface area contributed by atoms with Crippen molar-refractivity contribution in [2.75, 3.05) is 18.4 Å². The second-order valence-corrected chi connectivity index (χ2v) is 7.18. The molecule has 4 heterocycles. The summed E-state index contributed by atoms with van der Waals surface area (Å²) in [6, 6.07) is 4.19. The van der Waals surface area contributed by atoms with E-state index < -0.39 is 11.7 Å². The molecule has 10 heteroatoms. The third-order valence-corrected chi connectivity index (χ3v) is 4.95. The fourth-order valence-corrected chi connectivity index (χ4v) is 3.46. The fourth-order valence-electron chi connectivity index (χ4n) is 3.46. The first-order valence-corrected chi connectivity index (χ1v) is 9.66. The van der Waals surface area contributed by atoms with Crippen LogP contribution in [0.15, 0.2) is 41.1 Å². The highest BCUT2D eigenvalue weighted by Crippen LogP contribution is 2.25. The molecule has 1 aliphatic heterocycles. The van der Waals surface area contributed by atoms with Gasteiger partial charge >= 0.3 is 0 Å². The van der Waals surface area contributed by atoms with Crippen molar-refractivity contribution in [3.63, 3.8) is 0 Å². The molecule has 3 aromatic heterocycles. The van der Waals surface area contributed by atoms with E-state index >= 15 is 0 Å². The number of carbonyl (C=O) groups is 1. The SMILES string of the molecule is Cc1nc(C)c(C(=O)Nc2ccc(F)c(-c3nc4ncc(C5=CCNC5)cn4n3)c2)o1. The summed E-state index contributed by atoms with van der Waals surface area (Å²) in [5.41, 5.74) is 3.06. The number of carbonyl (C=O) groups excluding carboxylic acids is 1. The highest BCUT2D eigenvalue weighted by Gasteiger charge is 2.18. The quantitative estimate of drug-likeness (QED) is 0.523. The number of hydrogen-bond donors (Lipinski definition) is 2. The van der Waals surface area contributed by atoms with Crippen molar-refractivity contribution >= 4 is 22.9 Å². The lowest BCUT2D eigenvalue weighted by Crippen LogP contribution is -2.12. The molecule has 0 saturated carbocycles. The van der Waals surface area contributed by atoms with Crippen LogP contribution < -0.4 is 10.6 Å². The largest absolute Gasteiger partial charge is 0.436 e. The molecular formula is C21H18FN7O2. The monoisotopic (exact) mass is 419 g/mol. The van der Waals surface area contributed by atoms with Crippen molar-refractivity contribution in [3.8, 4) is 11.4 Å². The molecule has 1 aromatic carbocycles. The van der Waals surface area contributed by atoms with Crippen molar-refractivity contribution < 1.29 is 13.6 Å². The summed E-state index contributed by atoms with van der Waals surface area (Å²) < 4.78 is 21.4. The number of anilines is 1. The number of hydrogen-bond acceptors (Lipinski definition) is 7. The maximum absolute atomic E-state index is 14.6. The predicted molar refractivity (Wildman–Crippen MR) is 111 cm³/mol. The van der Waals surface area contributed by atoms with Gasteiger partial charge in [-0.25, -0.2) is 18.9 Å². The summed E-state index contributed by atoms with van der Waals surface area (Å²) in [6.07, 6.45) is 5.63. The number of aryl methyl sites for hydroxylation is 2. The molecule has 1 amide bonds. The molecule has 0 radical (unpaired) electrons. The highest BCUT2D eigenvalue weighted by molar-refractivity contribution is 6.03. The average molecular weight is 419 g/mol. The van der Waals surface area contributed by atoms with Crippen LogP contribution in [0.4, 0.5) is 10.1 Å². The molecule has 1 aliphatic rings. The number of oxazole rings is 1. The van der Waals surface area contributed by atoms with Crippen molar-refractivity contribution in [1.29, 1.82) is 0 Å². The Morgan fingerprint density at radius 2 is 2.16 bits per heavy atom. The summed E-state index contributed by atoms with van der Waals surface area (Å²) in [4.78, 5) is 25.2. The van der Waals surface area contributed by atoms with E-state index in [2.05, 4.69) is 36.8 Å². The van der Waals surface area contributed by atoms with Crippen LogP contribution in [0.1, 0.15) is 27.7 Å². The molecule has 0 fully saturated rings. The van der Waals surface area contributed by atoms with Crippen molar-refractivity contribution in [2.45, 2.75) is 13.8 Å². The standard InChI is InChI=1S/C21H18FN7O2/c1-11-18(31-12(2)25-11)20(30)26-15-3-4-17(22)16(7-15)19-27-21-24-9-14(10-29(21)28-19)13-5-6-23-8-13/h3-5,7,9-10,23H,6,8H2,1-2H3,(H,26,30). The highest BCUT2D eigenvalue weighted by atomic mass is 19.1. The lowest BCUT2D eigenvalue weighted by molar-refractivity contribution is 0.0994. The van der Waals surface area contributed by atoms with Gasteiger partial charge in [-0.3, -0.25) is 4.79 Å². The van der Waals surface area contributed by atoms with E-state index in [9.17, 15) is 9.18 Å². The molecule has 31 heavy (non-hydrogen) atoms. The molecule has 0 aliphatic carbocycles. The number of aromatic nitrogens is 5. The van der Waals surface area contributed by atoms with Gasteiger partial charge in [0.05, 0.1) is 11.3 Å². The zero-order chi connectivity index (χ0) is 21.5. The smallest absolute Gasteiger partial charge is 0.293 e. The van der Waals surface area contributed by atoms with Gasteiger partial charge < -0.3 is 15.1 Å². The van der Waals surface area contributed by atoms with Gasteiger partial charge in [0.1, 0.15) is 5.82 Å². The molecule has 5 rings (SSSR count). The van der Waals surface area contributed by atoms with Crippen LogP contribution in [0.3, 0.4) is 0 Å². The topological polar surface area (TPSA) is 110 Å². The van der Waals surface area contributed by atoms with E-state index in [1.807, 2.05) is 6.20 Å².